The Hall–Kier alpha value is -0.630. The fourth-order valence-corrected chi connectivity index (χ4v) is 2.82. The van der Waals surface area contributed by atoms with E-state index in [4.69, 9.17) is 4.74 Å². The summed E-state index contributed by atoms with van der Waals surface area (Å²) in [7, 11) is 0. The summed E-state index contributed by atoms with van der Waals surface area (Å²) in [6, 6.07) is 0. The molecule has 2 bridgehead atoms. The summed E-state index contributed by atoms with van der Waals surface area (Å²) in [5, 5.41) is 0. The van der Waals surface area contributed by atoms with E-state index in [1.54, 1.807) is 0 Å². The van der Waals surface area contributed by atoms with Crippen molar-refractivity contribution in [2.45, 2.75) is 37.4 Å². The first-order valence-electron chi connectivity index (χ1n) is 4.72. The van der Waals surface area contributed by atoms with Crippen molar-refractivity contribution in [3.8, 4) is 0 Å². The van der Waals surface area contributed by atoms with Crippen LogP contribution in [0, 0.1) is 5.92 Å². The van der Waals surface area contributed by atoms with Crippen LogP contribution in [0.25, 0.3) is 0 Å². The molecule has 2 heterocycles. The molecule has 2 nitrogen and oxygen atoms in total. The van der Waals surface area contributed by atoms with Gasteiger partial charge < -0.3 is 4.74 Å². The van der Waals surface area contributed by atoms with Gasteiger partial charge in [0.1, 0.15) is 5.60 Å². The summed E-state index contributed by atoms with van der Waals surface area (Å²) in [5.74, 6) is 0.809. The van der Waals surface area contributed by atoms with E-state index in [2.05, 4.69) is 6.08 Å². The third-order valence-electron chi connectivity index (χ3n) is 3.42. The van der Waals surface area contributed by atoms with Gasteiger partial charge in [-0.2, -0.15) is 0 Å². The first-order chi connectivity index (χ1) is 5.81. The molecule has 1 saturated carbocycles. The molecule has 1 spiro atoms. The lowest BCUT2D eigenvalue weighted by molar-refractivity contribution is -0.140. The van der Waals surface area contributed by atoms with Gasteiger partial charge in [0, 0.05) is 12.3 Å². The highest BCUT2D eigenvalue weighted by Gasteiger charge is 2.55. The number of hydrogen-bond donors (Lipinski definition) is 0. The largest absolute Gasteiger partial charge is 0.355 e. The van der Waals surface area contributed by atoms with Crippen LogP contribution in [-0.2, 0) is 9.53 Å². The van der Waals surface area contributed by atoms with Gasteiger partial charge in [0.15, 0.2) is 5.78 Å². The average molecular weight is 164 g/mol. The molecule has 1 saturated heterocycles. The molecule has 64 valence electrons. The van der Waals surface area contributed by atoms with E-state index < -0.39 is 5.60 Å². The summed E-state index contributed by atoms with van der Waals surface area (Å²) in [6.45, 7) is 0. The summed E-state index contributed by atoms with van der Waals surface area (Å²) in [5.41, 5.74) is -0.455. The van der Waals surface area contributed by atoms with Gasteiger partial charge in [-0.15, -0.1) is 0 Å². The van der Waals surface area contributed by atoms with Crippen LogP contribution in [-0.4, -0.2) is 17.5 Å². The Balaban J connectivity index is 2.06. The quantitative estimate of drug-likeness (QED) is 0.506. The molecule has 3 atom stereocenters. The molecule has 1 aliphatic carbocycles. The van der Waals surface area contributed by atoms with Gasteiger partial charge in [0.2, 0.25) is 0 Å². The van der Waals surface area contributed by atoms with E-state index in [-0.39, 0.29) is 6.10 Å². The van der Waals surface area contributed by atoms with Gasteiger partial charge in [-0.3, -0.25) is 4.79 Å². The molecule has 12 heavy (non-hydrogen) atoms. The Bertz CT molecular complexity index is 269. The lowest BCUT2D eigenvalue weighted by Gasteiger charge is -2.32. The normalized spacial score (nSPS) is 49.8. The molecular weight excluding hydrogens is 152 g/mol. The summed E-state index contributed by atoms with van der Waals surface area (Å²) in [6.07, 6.45) is 8.34. The maximum absolute atomic E-state index is 11.7. The molecule has 0 unspecified atom stereocenters. The van der Waals surface area contributed by atoms with Crippen molar-refractivity contribution in [3.63, 3.8) is 0 Å². The minimum atomic E-state index is -0.455. The highest BCUT2D eigenvalue weighted by atomic mass is 16.5. The van der Waals surface area contributed by atoms with E-state index in [0.29, 0.717) is 18.1 Å². The van der Waals surface area contributed by atoms with Crippen molar-refractivity contribution in [1.29, 1.82) is 0 Å². The summed E-state index contributed by atoms with van der Waals surface area (Å²) in [4.78, 5) is 11.7. The van der Waals surface area contributed by atoms with Crippen LogP contribution < -0.4 is 0 Å². The molecule has 0 N–H and O–H groups in total. The van der Waals surface area contributed by atoms with E-state index in [9.17, 15) is 4.79 Å². The second-order valence-electron chi connectivity index (χ2n) is 4.06. The molecule has 2 heteroatoms. The van der Waals surface area contributed by atoms with Crippen LogP contribution in [0.3, 0.4) is 0 Å². The van der Waals surface area contributed by atoms with Gasteiger partial charge in [0.05, 0.1) is 6.10 Å². The minimum Gasteiger partial charge on any atom is -0.355 e. The molecule has 0 aromatic carbocycles. The van der Waals surface area contributed by atoms with Gasteiger partial charge in [-0.25, -0.2) is 0 Å². The Kier molecular flexibility index (Phi) is 1.14. The van der Waals surface area contributed by atoms with E-state index in [0.717, 1.165) is 12.8 Å². The fraction of sp³-hybridized carbons (Fsp3) is 0.700. The summed E-state index contributed by atoms with van der Waals surface area (Å²) >= 11 is 0. The number of hydrogen-bond acceptors (Lipinski definition) is 2. The SMILES string of the molecule is O=C1CCC[C@H]2C[C@@H]3C=C[C@]12O3. The van der Waals surface area contributed by atoms with Crippen molar-refractivity contribution in [1.82, 2.24) is 0 Å². The number of ether oxygens (including phenoxy) is 1. The zero-order valence-electron chi connectivity index (χ0n) is 6.95. The lowest BCUT2D eigenvalue weighted by atomic mass is 9.72. The molecule has 0 radical (unpaired) electrons. The molecule has 0 aromatic rings. The standard InChI is InChI=1S/C10H12O2/c11-9-3-1-2-7-6-8-4-5-10(7,9)12-8/h4-5,7-8H,1-3,6H2/t7-,8-,10+/m0/s1. The van der Waals surface area contributed by atoms with Crippen molar-refractivity contribution >= 4 is 5.78 Å². The number of carbonyl (C=O) groups is 1. The van der Waals surface area contributed by atoms with E-state index in [1.807, 2.05) is 6.08 Å². The monoisotopic (exact) mass is 164 g/mol. The first kappa shape index (κ1) is 6.84. The van der Waals surface area contributed by atoms with Crippen molar-refractivity contribution in [2.75, 3.05) is 0 Å². The van der Waals surface area contributed by atoms with E-state index in [1.165, 1.54) is 6.42 Å². The number of fused-ring (bicyclic) bond motifs is 1. The Morgan fingerprint density at radius 2 is 2.50 bits per heavy atom. The smallest absolute Gasteiger partial charge is 0.168 e. The summed E-state index contributed by atoms with van der Waals surface area (Å²) < 4.78 is 5.72. The van der Waals surface area contributed by atoms with Gasteiger partial charge in [-0.05, 0) is 25.3 Å². The highest BCUT2D eigenvalue weighted by molar-refractivity contribution is 5.91. The van der Waals surface area contributed by atoms with Crippen molar-refractivity contribution < 1.29 is 9.53 Å². The predicted molar refractivity (Wildman–Crippen MR) is 43.7 cm³/mol. The zero-order chi connectivity index (χ0) is 8.18. The lowest BCUT2D eigenvalue weighted by Crippen LogP contribution is -2.44. The van der Waals surface area contributed by atoms with Crippen LogP contribution in [0.5, 0.6) is 0 Å². The third kappa shape index (κ3) is 0.626. The minimum absolute atomic E-state index is 0.247. The molecule has 2 fully saturated rings. The number of ketones is 1. The number of rotatable bonds is 0. The maximum Gasteiger partial charge on any atom is 0.168 e. The third-order valence-corrected chi connectivity index (χ3v) is 3.42. The number of carbonyl (C=O) groups excluding carboxylic acids is 1. The van der Waals surface area contributed by atoms with Crippen molar-refractivity contribution in [3.05, 3.63) is 12.2 Å². The number of Topliss-reactive ketones (excluding diaryl/α,β-unsaturated/α-hetero) is 1. The molecule has 3 rings (SSSR count). The Labute approximate surface area is 71.6 Å². The topological polar surface area (TPSA) is 26.3 Å². The van der Waals surface area contributed by atoms with Crippen molar-refractivity contribution in [2.24, 2.45) is 5.92 Å². The highest BCUT2D eigenvalue weighted by Crippen LogP contribution is 2.48. The van der Waals surface area contributed by atoms with Crippen LogP contribution in [0.1, 0.15) is 25.7 Å². The predicted octanol–water partition coefficient (Wildman–Crippen LogP) is 1.45. The Morgan fingerprint density at radius 3 is 3.25 bits per heavy atom. The second kappa shape index (κ2) is 1.99. The molecule has 3 aliphatic rings. The second-order valence-corrected chi connectivity index (χ2v) is 4.06. The van der Waals surface area contributed by atoms with E-state index >= 15 is 0 Å². The van der Waals surface area contributed by atoms with Gasteiger partial charge >= 0.3 is 0 Å². The first-order valence-corrected chi connectivity index (χ1v) is 4.72. The molecular formula is C10H12O2. The van der Waals surface area contributed by atoms with Gasteiger partial charge in [0.25, 0.3) is 0 Å². The zero-order valence-corrected chi connectivity index (χ0v) is 6.95. The average Bonchev–Trinajstić information content (AvgIpc) is 2.61. The fourth-order valence-electron chi connectivity index (χ4n) is 2.82. The molecule has 0 aromatic heterocycles. The molecule has 2 aliphatic heterocycles. The van der Waals surface area contributed by atoms with Gasteiger partial charge in [-0.1, -0.05) is 6.08 Å². The van der Waals surface area contributed by atoms with Crippen LogP contribution >= 0.6 is 0 Å². The maximum atomic E-state index is 11.7. The molecule has 0 amide bonds. The van der Waals surface area contributed by atoms with Crippen LogP contribution in [0.2, 0.25) is 0 Å². The van der Waals surface area contributed by atoms with Crippen LogP contribution in [0.4, 0.5) is 0 Å². The Morgan fingerprint density at radius 1 is 1.58 bits per heavy atom. The van der Waals surface area contributed by atoms with Crippen LogP contribution in [0.15, 0.2) is 12.2 Å².